The van der Waals surface area contributed by atoms with Gasteiger partial charge in [0.05, 0.1) is 10.6 Å². The third-order valence-corrected chi connectivity index (χ3v) is 3.67. The maximum absolute atomic E-state index is 12.6. The van der Waals surface area contributed by atoms with Crippen LogP contribution >= 0.6 is 11.6 Å². The molecule has 1 amide bonds. The van der Waals surface area contributed by atoms with Crippen LogP contribution in [0.4, 0.5) is 19.0 Å². The summed E-state index contributed by atoms with van der Waals surface area (Å²) in [7, 11) is 0. The van der Waals surface area contributed by atoms with E-state index in [-0.39, 0.29) is 10.8 Å². The number of aliphatic carboxylic acids is 1. The lowest BCUT2D eigenvalue weighted by Crippen LogP contribution is -2.45. The molecule has 2 rings (SSSR count). The Morgan fingerprint density at radius 3 is 2.74 bits per heavy atom. The molecule has 1 atom stereocenters. The molecule has 1 aliphatic heterocycles. The van der Waals surface area contributed by atoms with Gasteiger partial charge in [0.2, 0.25) is 5.91 Å². The number of halogens is 4. The number of carbonyl (C=O) groups excluding carboxylic acids is 1. The van der Waals surface area contributed by atoms with Crippen LogP contribution in [0.5, 0.6) is 0 Å². The second-order valence-electron chi connectivity index (χ2n) is 4.99. The maximum Gasteiger partial charge on any atom is 0.417 e. The first-order valence-corrected chi connectivity index (χ1v) is 7.07. The van der Waals surface area contributed by atoms with Crippen molar-refractivity contribution in [3.8, 4) is 0 Å². The van der Waals surface area contributed by atoms with Crippen LogP contribution in [0.3, 0.4) is 0 Å². The number of carboxylic acid groups (broad SMARTS) is 1. The van der Waals surface area contributed by atoms with E-state index >= 15 is 0 Å². The first kappa shape index (κ1) is 17.3. The Hall–Kier alpha value is -2.03. The summed E-state index contributed by atoms with van der Waals surface area (Å²) < 4.78 is 37.9. The van der Waals surface area contributed by atoms with E-state index < -0.39 is 36.2 Å². The standard InChI is InChI=1S/C13H13ClF3N3O3/c14-8-4-7(13(15,16)17)5-18-11(8)20-3-1-2-9(20)12(23)19-6-10(21)22/h4-5,9H,1-3,6H2,(H,19,23)(H,21,22). The number of aromatic nitrogens is 1. The van der Waals surface area contributed by atoms with Crippen molar-refractivity contribution in [1.29, 1.82) is 0 Å². The van der Waals surface area contributed by atoms with Crippen molar-refractivity contribution in [2.45, 2.75) is 25.1 Å². The van der Waals surface area contributed by atoms with E-state index in [1.807, 2.05) is 0 Å². The van der Waals surface area contributed by atoms with Gasteiger partial charge in [-0.2, -0.15) is 13.2 Å². The number of amides is 1. The predicted octanol–water partition coefficient (Wildman–Crippen LogP) is 1.92. The minimum atomic E-state index is -4.56. The average molecular weight is 352 g/mol. The number of anilines is 1. The molecule has 0 aromatic carbocycles. The summed E-state index contributed by atoms with van der Waals surface area (Å²) in [4.78, 5) is 27.7. The monoisotopic (exact) mass is 351 g/mol. The Morgan fingerprint density at radius 1 is 1.48 bits per heavy atom. The molecule has 0 radical (unpaired) electrons. The van der Waals surface area contributed by atoms with Gasteiger partial charge >= 0.3 is 12.1 Å². The molecule has 1 aromatic rings. The molecule has 0 bridgehead atoms. The molecule has 0 saturated carbocycles. The van der Waals surface area contributed by atoms with Gasteiger partial charge in [0.25, 0.3) is 0 Å². The molecule has 23 heavy (non-hydrogen) atoms. The Kier molecular flexibility index (Phi) is 4.98. The highest BCUT2D eigenvalue weighted by Gasteiger charge is 2.35. The lowest BCUT2D eigenvalue weighted by molar-refractivity contribution is -0.138. The summed E-state index contributed by atoms with van der Waals surface area (Å²) in [6, 6.07) is 0.0464. The van der Waals surface area contributed by atoms with E-state index in [9.17, 15) is 22.8 Å². The Labute approximate surface area is 134 Å². The minimum absolute atomic E-state index is 0.0765. The van der Waals surface area contributed by atoms with Gasteiger partial charge in [-0.3, -0.25) is 9.59 Å². The zero-order chi connectivity index (χ0) is 17.2. The highest BCUT2D eigenvalue weighted by atomic mass is 35.5. The Balaban J connectivity index is 2.20. The molecular formula is C13H13ClF3N3O3. The first-order valence-electron chi connectivity index (χ1n) is 6.69. The summed E-state index contributed by atoms with van der Waals surface area (Å²) in [5.74, 6) is -1.64. The normalized spacial score (nSPS) is 18.1. The number of nitrogens with one attached hydrogen (secondary N) is 1. The highest BCUT2D eigenvalue weighted by Crippen LogP contribution is 2.35. The molecule has 1 saturated heterocycles. The number of hydrogen-bond donors (Lipinski definition) is 2. The molecule has 1 unspecified atom stereocenters. The molecule has 1 aliphatic rings. The third kappa shape index (κ3) is 4.04. The largest absolute Gasteiger partial charge is 0.480 e. The minimum Gasteiger partial charge on any atom is -0.480 e. The number of nitrogens with zero attached hydrogens (tertiary/aromatic N) is 2. The average Bonchev–Trinajstić information content (AvgIpc) is 2.92. The van der Waals surface area contributed by atoms with Crippen molar-refractivity contribution in [3.63, 3.8) is 0 Å². The topological polar surface area (TPSA) is 82.5 Å². The molecule has 0 aliphatic carbocycles. The number of hydrogen-bond acceptors (Lipinski definition) is 4. The van der Waals surface area contributed by atoms with E-state index in [1.165, 1.54) is 4.90 Å². The number of rotatable bonds is 4. The fourth-order valence-corrected chi connectivity index (χ4v) is 2.65. The van der Waals surface area contributed by atoms with Crippen LogP contribution in [0.15, 0.2) is 12.3 Å². The van der Waals surface area contributed by atoms with E-state index in [0.717, 1.165) is 6.07 Å². The lowest BCUT2D eigenvalue weighted by Gasteiger charge is -2.25. The van der Waals surface area contributed by atoms with Crippen LogP contribution in [-0.2, 0) is 15.8 Å². The first-order chi connectivity index (χ1) is 10.7. The van der Waals surface area contributed by atoms with Gasteiger partial charge in [-0.05, 0) is 18.9 Å². The van der Waals surface area contributed by atoms with Gasteiger partial charge in [-0.1, -0.05) is 11.6 Å². The second-order valence-corrected chi connectivity index (χ2v) is 5.40. The van der Waals surface area contributed by atoms with Crippen LogP contribution < -0.4 is 10.2 Å². The van der Waals surface area contributed by atoms with Crippen LogP contribution in [0, 0.1) is 0 Å². The van der Waals surface area contributed by atoms with Crippen LogP contribution in [0.25, 0.3) is 0 Å². The highest BCUT2D eigenvalue weighted by molar-refractivity contribution is 6.33. The quantitative estimate of drug-likeness (QED) is 0.866. The molecule has 126 valence electrons. The summed E-state index contributed by atoms with van der Waals surface area (Å²) in [6.45, 7) is -0.138. The number of carboxylic acids is 1. The van der Waals surface area contributed by atoms with Gasteiger partial charge in [-0.25, -0.2) is 4.98 Å². The molecular weight excluding hydrogens is 339 g/mol. The zero-order valence-electron chi connectivity index (χ0n) is 11.7. The van der Waals surface area contributed by atoms with Crippen molar-refractivity contribution in [2.24, 2.45) is 0 Å². The SMILES string of the molecule is O=C(O)CNC(=O)C1CCCN1c1ncc(C(F)(F)F)cc1Cl. The third-order valence-electron chi connectivity index (χ3n) is 3.39. The van der Waals surface area contributed by atoms with Gasteiger partial charge < -0.3 is 15.3 Å². The predicted molar refractivity (Wildman–Crippen MR) is 75.3 cm³/mol. The molecule has 10 heteroatoms. The fraction of sp³-hybridized carbons (Fsp3) is 0.462. The summed E-state index contributed by atoms with van der Waals surface area (Å²) >= 11 is 5.88. The van der Waals surface area contributed by atoms with Gasteiger partial charge in [-0.15, -0.1) is 0 Å². The van der Waals surface area contributed by atoms with E-state index in [4.69, 9.17) is 16.7 Å². The summed E-state index contributed by atoms with van der Waals surface area (Å²) in [6.07, 6.45) is -2.85. The van der Waals surface area contributed by atoms with Gasteiger partial charge in [0.15, 0.2) is 0 Å². The van der Waals surface area contributed by atoms with Crippen LogP contribution in [0.1, 0.15) is 18.4 Å². The van der Waals surface area contributed by atoms with Crippen molar-refractivity contribution < 1.29 is 27.9 Å². The number of alkyl halides is 3. The van der Waals surface area contributed by atoms with E-state index in [0.29, 0.717) is 25.6 Å². The van der Waals surface area contributed by atoms with Crippen LogP contribution in [0.2, 0.25) is 5.02 Å². The Morgan fingerprint density at radius 2 is 2.17 bits per heavy atom. The van der Waals surface area contributed by atoms with Crippen molar-refractivity contribution in [1.82, 2.24) is 10.3 Å². The van der Waals surface area contributed by atoms with Crippen molar-refractivity contribution >= 4 is 29.3 Å². The van der Waals surface area contributed by atoms with Crippen LogP contribution in [-0.4, -0.2) is 41.1 Å². The van der Waals surface area contributed by atoms with Crippen molar-refractivity contribution in [2.75, 3.05) is 18.0 Å². The van der Waals surface area contributed by atoms with Crippen molar-refractivity contribution in [3.05, 3.63) is 22.8 Å². The summed E-state index contributed by atoms with van der Waals surface area (Å²) in [5.41, 5.74) is -0.975. The molecule has 2 N–H and O–H groups in total. The smallest absolute Gasteiger partial charge is 0.417 e. The lowest BCUT2D eigenvalue weighted by atomic mass is 10.2. The maximum atomic E-state index is 12.6. The number of carbonyl (C=O) groups is 2. The molecule has 2 heterocycles. The fourth-order valence-electron chi connectivity index (χ4n) is 2.37. The van der Waals surface area contributed by atoms with E-state index in [2.05, 4.69) is 10.3 Å². The molecule has 6 nitrogen and oxygen atoms in total. The number of pyridine rings is 1. The molecule has 1 fully saturated rings. The van der Waals surface area contributed by atoms with Gasteiger partial charge in [0.1, 0.15) is 18.4 Å². The molecule has 0 spiro atoms. The van der Waals surface area contributed by atoms with E-state index in [1.54, 1.807) is 0 Å². The second kappa shape index (κ2) is 6.61. The summed E-state index contributed by atoms with van der Waals surface area (Å²) in [5, 5.41) is 10.6. The van der Waals surface area contributed by atoms with Gasteiger partial charge in [0, 0.05) is 12.7 Å². The molecule has 1 aromatic heterocycles. The zero-order valence-corrected chi connectivity index (χ0v) is 12.5. The Bertz CT molecular complexity index is 624.